The first-order valence-corrected chi connectivity index (χ1v) is 4.36. The molecule has 10 heavy (non-hydrogen) atoms. The van der Waals surface area contributed by atoms with Gasteiger partial charge in [0.1, 0.15) is 0 Å². The molecule has 0 aliphatic heterocycles. The van der Waals surface area contributed by atoms with Crippen LogP contribution in [0.2, 0.25) is 0 Å². The Morgan fingerprint density at radius 2 is 1.70 bits per heavy atom. The SMILES string of the molecule is CCC(C)(C)[N]=[Nb].C[N-]C. The van der Waals surface area contributed by atoms with Gasteiger partial charge in [-0.1, -0.05) is 0 Å². The van der Waals surface area contributed by atoms with E-state index < -0.39 is 0 Å². The van der Waals surface area contributed by atoms with E-state index in [4.69, 9.17) is 0 Å². The van der Waals surface area contributed by atoms with Gasteiger partial charge in [0.05, 0.1) is 0 Å². The molecule has 0 atom stereocenters. The summed E-state index contributed by atoms with van der Waals surface area (Å²) in [6.45, 7) is 6.44. The van der Waals surface area contributed by atoms with Gasteiger partial charge in [-0.05, 0) is 0 Å². The maximum atomic E-state index is 4.19. The van der Waals surface area contributed by atoms with Crippen LogP contribution in [0.25, 0.3) is 5.32 Å². The summed E-state index contributed by atoms with van der Waals surface area (Å²) in [5.74, 6) is 0. The zero-order valence-corrected chi connectivity index (χ0v) is 9.75. The van der Waals surface area contributed by atoms with Crippen molar-refractivity contribution in [1.29, 1.82) is 0 Å². The molecule has 0 saturated carbocycles. The predicted molar refractivity (Wildman–Crippen MR) is 42.0 cm³/mol. The molecule has 0 bridgehead atoms. The average molecular weight is 222 g/mol. The monoisotopic (exact) mass is 222 g/mol. The largest absolute Gasteiger partial charge is 0.668 e. The van der Waals surface area contributed by atoms with Crippen molar-refractivity contribution < 1.29 is 20.9 Å². The predicted octanol–water partition coefficient (Wildman–Crippen LogP) is 2.53. The van der Waals surface area contributed by atoms with E-state index in [0.29, 0.717) is 0 Å². The molecule has 0 rings (SSSR count). The Morgan fingerprint density at radius 3 is 1.70 bits per heavy atom. The molecule has 0 radical (unpaired) electrons. The van der Waals surface area contributed by atoms with Crippen LogP contribution in [0, 0.1) is 0 Å². The minimum absolute atomic E-state index is 0.231. The number of nitrogens with zero attached hydrogens (tertiary/aromatic N) is 2. The summed E-state index contributed by atoms with van der Waals surface area (Å²) in [7, 11) is 3.50. The zero-order chi connectivity index (χ0) is 8.62. The summed E-state index contributed by atoms with van der Waals surface area (Å²) < 4.78 is 4.19. The first-order valence-electron chi connectivity index (χ1n) is 3.38. The second-order valence-electron chi connectivity index (χ2n) is 2.71. The van der Waals surface area contributed by atoms with E-state index in [1.54, 1.807) is 35.0 Å². The van der Waals surface area contributed by atoms with Crippen molar-refractivity contribution in [3.63, 3.8) is 0 Å². The van der Waals surface area contributed by atoms with Crippen LogP contribution >= 0.6 is 0 Å². The average Bonchev–Trinajstić information content (AvgIpc) is 1.90. The van der Waals surface area contributed by atoms with Crippen LogP contribution in [0.15, 0.2) is 3.34 Å². The van der Waals surface area contributed by atoms with E-state index in [1.165, 1.54) is 0 Å². The smallest absolute Gasteiger partial charge is 0.162 e. The van der Waals surface area contributed by atoms with Crippen molar-refractivity contribution in [3.8, 4) is 0 Å². The summed E-state index contributed by atoms with van der Waals surface area (Å²) in [5.41, 5.74) is 0.231. The van der Waals surface area contributed by atoms with Crippen LogP contribution < -0.4 is 0 Å². The molecule has 0 aliphatic rings. The van der Waals surface area contributed by atoms with E-state index in [0.717, 1.165) is 6.42 Å². The fourth-order valence-electron chi connectivity index (χ4n) is 0.0707. The molecule has 0 N–H and O–H groups in total. The van der Waals surface area contributed by atoms with Gasteiger partial charge in [0, 0.05) is 0 Å². The second kappa shape index (κ2) is 7.61. The standard InChI is InChI=1S/C5H11N.C2H6N.Nb/c1-4-5(2,3)6;1-3-2;/h4H2,1-3H3;1-2H3;/q;-1;. The van der Waals surface area contributed by atoms with Crippen molar-refractivity contribution >= 4 is 0 Å². The van der Waals surface area contributed by atoms with Gasteiger partial charge in [-0.15, -0.1) is 0 Å². The van der Waals surface area contributed by atoms with Gasteiger partial charge < -0.3 is 5.32 Å². The Kier molecular flexibility index (Phi) is 9.98. The molecule has 0 aromatic rings. The Bertz CT molecular complexity index is 81.7. The summed E-state index contributed by atoms with van der Waals surface area (Å²) in [6, 6.07) is 0. The summed E-state index contributed by atoms with van der Waals surface area (Å²) in [5, 5.41) is 3.50. The van der Waals surface area contributed by atoms with Crippen molar-refractivity contribution in [2.24, 2.45) is 3.34 Å². The topological polar surface area (TPSA) is 26.5 Å². The van der Waals surface area contributed by atoms with Gasteiger partial charge in [0.15, 0.2) is 0 Å². The van der Waals surface area contributed by atoms with Crippen LogP contribution in [0.3, 0.4) is 0 Å². The summed E-state index contributed by atoms with van der Waals surface area (Å²) >= 11 is 1.55. The van der Waals surface area contributed by atoms with Crippen molar-refractivity contribution in [2.75, 3.05) is 14.1 Å². The molecular formula is C7H17N2Nb-. The Labute approximate surface area is 76.6 Å². The molecule has 0 aromatic heterocycles. The maximum Gasteiger partial charge on any atom is -0.162 e. The summed E-state index contributed by atoms with van der Waals surface area (Å²) in [4.78, 5) is 0. The van der Waals surface area contributed by atoms with Gasteiger partial charge in [-0.3, -0.25) is 0 Å². The minimum Gasteiger partial charge on any atom is -0.668 e. The van der Waals surface area contributed by atoms with Gasteiger partial charge in [-0.25, -0.2) is 0 Å². The van der Waals surface area contributed by atoms with E-state index in [9.17, 15) is 0 Å². The minimum atomic E-state index is 0.231. The molecule has 0 fully saturated rings. The van der Waals surface area contributed by atoms with Crippen LogP contribution in [-0.2, 0) is 20.9 Å². The number of hydrogen-bond donors (Lipinski definition) is 0. The van der Waals surface area contributed by atoms with Crippen LogP contribution in [-0.4, -0.2) is 19.6 Å². The third-order valence-corrected chi connectivity index (χ3v) is 2.47. The molecular weight excluding hydrogens is 205 g/mol. The molecule has 0 unspecified atom stereocenters. The molecule has 61 valence electrons. The van der Waals surface area contributed by atoms with Gasteiger partial charge in [0.2, 0.25) is 0 Å². The van der Waals surface area contributed by atoms with E-state index in [-0.39, 0.29) is 5.54 Å². The fraction of sp³-hybridized carbons (Fsp3) is 1.00. The first kappa shape index (κ1) is 13.1. The van der Waals surface area contributed by atoms with Crippen LogP contribution in [0.1, 0.15) is 27.2 Å². The third-order valence-electron chi connectivity index (χ3n) is 1.14. The van der Waals surface area contributed by atoms with Crippen molar-refractivity contribution in [3.05, 3.63) is 5.32 Å². The van der Waals surface area contributed by atoms with Gasteiger partial charge >= 0.3 is 57.0 Å². The molecule has 0 saturated heterocycles. The fourth-order valence-corrected chi connectivity index (χ4v) is 0.418. The molecule has 0 heterocycles. The molecule has 3 heteroatoms. The van der Waals surface area contributed by atoms with Crippen molar-refractivity contribution in [1.82, 2.24) is 0 Å². The molecule has 0 spiro atoms. The van der Waals surface area contributed by atoms with Gasteiger partial charge in [-0.2, -0.15) is 14.1 Å². The quantitative estimate of drug-likeness (QED) is 0.642. The molecule has 0 amide bonds. The molecule has 2 nitrogen and oxygen atoms in total. The normalized spacial score (nSPS) is 9.60. The zero-order valence-electron chi connectivity index (χ0n) is 7.55. The maximum absolute atomic E-state index is 4.19. The Morgan fingerprint density at radius 1 is 1.40 bits per heavy atom. The van der Waals surface area contributed by atoms with E-state index >= 15 is 0 Å². The van der Waals surface area contributed by atoms with Gasteiger partial charge in [0.25, 0.3) is 0 Å². The van der Waals surface area contributed by atoms with Crippen LogP contribution in [0.5, 0.6) is 0 Å². The van der Waals surface area contributed by atoms with Crippen LogP contribution in [0.4, 0.5) is 0 Å². The molecule has 0 aliphatic carbocycles. The first-order chi connectivity index (χ1) is 4.54. The second-order valence-corrected chi connectivity index (χ2v) is 3.20. The third kappa shape index (κ3) is 11.3. The Balaban J connectivity index is 0. The Hall–Kier alpha value is 0.500. The van der Waals surface area contributed by atoms with Crippen molar-refractivity contribution in [2.45, 2.75) is 32.7 Å². The molecule has 0 aromatic carbocycles. The van der Waals surface area contributed by atoms with E-state index in [2.05, 4.69) is 29.4 Å². The number of hydrogen-bond acceptors (Lipinski definition) is 1. The van der Waals surface area contributed by atoms with E-state index in [1.807, 2.05) is 0 Å². The summed E-state index contributed by atoms with van der Waals surface area (Å²) in [6.07, 6.45) is 1.14. The number of rotatable bonds is 2.